The lowest BCUT2D eigenvalue weighted by Crippen LogP contribution is -2.56. The summed E-state index contributed by atoms with van der Waals surface area (Å²) in [5.41, 5.74) is 15.2. The maximum Gasteiger partial charge on any atom is 0.305 e. The standard InChI is InChI=1S/C42H65N9O8/c1-27(7-14-37(52)58-25-24-57-23-22-56-21-20-45-50-44)31-10-11-32-30-9-8-28-26-29(15-17-41(28,2)33(30)16-18-42(31,32)3)46-40(53)35(6-4-5-19-43)47-34-12-13-36(51(54)55)39-38(34)48-59-49-39/h12-13,27-33,35,47H,4-11,14-26,43H2,1-3H3,(H,46,53)/t27?,28-,29-,30?,31?,32?,33?,35?,41+,42-/m1/s1. The van der Waals surface area contributed by atoms with Gasteiger partial charge < -0.3 is 30.6 Å². The number of amides is 1. The van der Waals surface area contributed by atoms with Gasteiger partial charge in [-0.1, -0.05) is 25.9 Å². The number of non-ortho nitro benzene ring substituents is 1. The molecule has 0 saturated heterocycles. The molecule has 10 atom stereocenters. The molecule has 1 aromatic heterocycles. The van der Waals surface area contributed by atoms with E-state index in [1.165, 1.54) is 44.6 Å². The van der Waals surface area contributed by atoms with Crippen LogP contribution in [-0.2, 0) is 23.8 Å². The topological polar surface area (TPSA) is 243 Å². The molecule has 17 heteroatoms. The molecular formula is C42H65N9O8. The van der Waals surface area contributed by atoms with E-state index in [9.17, 15) is 19.7 Å². The van der Waals surface area contributed by atoms with E-state index in [0.29, 0.717) is 93.1 Å². The second-order valence-corrected chi connectivity index (χ2v) is 18.1. The lowest BCUT2D eigenvalue weighted by Gasteiger charge is -2.61. The van der Waals surface area contributed by atoms with Crippen LogP contribution in [0.4, 0.5) is 11.4 Å². The van der Waals surface area contributed by atoms with Crippen LogP contribution in [0.15, 0.2) is 21.9 Å². The number of azide groups is 1. The number of nitrogens with two attached hydrogens (primary N) is 1. The molecule has 326 valence electrons. The lowest BCUT2D eigenvalue weighted by molar-refractivity contribution is -0.383. The molecule has 6 rings (SSSR count). The Labute approximate surface area is 346 Å². The average Bonchev–Trinajstić information content (AvgIpc) is 3.86. The van der Waals surface area contributed by atoms with E-state index in [1.54, 1.807) is 6.07 Å². The molecule has 6 unspecified atom stereocenters. The van der Waals surface area contributed by atoms with Crippen molar-refractivity contribution in [1.82, 2.24) is 15.6 Å². The molecule has 17 nitrogen and oxygen atoms in total. The summed E-state index contributed by atoms with van der Waals surface area (Å²) >= 11 is 0. The number of nitro groups is 1. The first kappa shape index (κ1) is 44.5. The molecule has 0 spiro atoms. The zero-order valence-electron chi connectivity index (χ0n) is 35.1. The fraction of sp³-hybridized carbons (Fsp3) is 0.810. The van der Waals surface area contributed by atoms with Crippen molar-refractivity contribution in [1.29, 1.82) is 0 Å². The number of nitrogens with zero attached hydrogens (tertiary/aromatic N) is 6. The Hall–Kier alpha value is -4.05. The summed E-state index contributed by atoms with van der Waals surface area (Å²) in [6.45, 7) is 9.97. The van der Waals surface area contributed by atoms with Gasteiger partial charge in [-0.2, -0.15) is 0 Å². The van der Waals surface area contributed by atoms with Crippen LogP contribution in [0.5, 0.6) is 0 Å². The molecule has 1 aromatic carbocycles. The van der Waals surface area contributed by atoms with Crippen LogP contribution in [0.3, 0.4) is 0 Å². The van der Waals surface area contributed by atoms with Crippen molar-refractivity contribution < 1.29 is 33.4 Å². The van der Waals surface area contributed by atoms with Gasteiger partial charge in [0.2, 0.25) is 11.4 Å². The Morgan fingerprint density at radius 3 is 2.53 bits per heavy atom. The van der Waals surface area contributed by atoms with Crippen LogP contribution in [0, 0.1) is 56.5 Å². The van der Waals surface area contributed by atoms with Gasteiger partial charge in [0.25, 0.3) is 0 Å². The number of nitrogens with one attached hydrogen (secondary N) is 2. The number of unbranched alkanes of at least 4 members (excludes halogenated alkanes) is 1. The third kappa shape index (κ3) is 10.3. The lowest BCUT2D eigenvalue weighted by atomic mass is 9.44. The smallest absolute Gasteiger partial charge is 0.305 e. The van der Waals surface area contributed by atoms with Gasteiger partial charge >= 0.3 is 11.7 Å². The van der Waals surface area contributed by atoms with E-state index >= 15 is 0 Å². The van der Waals surface area contributed by atoms with E-state index in [1.807, 2.05) is 0 Å². The number of fused-ring (bicyclic) bond motifs is 6. The number of aromatic nitrogens is 2. The average molecular weight is 824 g/mol. The second kappa shape index (κ2) is 20.5. The van der Waals surface area contributed by atoms with Gasteiger partial charge in [-0.05, 0) is 158 Å². The number of rotatable bonds is 22. The van der Waals surface area contributed by atoms with Gasteiger partial charge in [-0.25, -0.2) is 4.63 Å². The van der Waals surface area contributed by atoms with Crippen LogP contribution in [0.25, 0.3) is 21.5 Å². The first-order valence-electron chi connectivity index (χ1n) is 22.0. The number of ether oxygens (including phenoxy) is 3. The highest BCUT2D eigenvalue weighted by atomic mass is 16.6. The molecule has 0 bridgehead atoms. The molecule has 0 aliphatic heterocycles. The molecule has 4 N–H and O–H groups in total. The number of esters is 1. The molecule has 1 heterocycles. The van der Waals surface area contributed by atoms with E-state index in [-0.39, 0.29) is 46.7 Å². The number of hydrogen-bond acceptors (Lipinski definition) is 13. The van der Waals surface area contributed by atoms with Crippen molar-refractivity contribution in [2.45, 2.75) is 123 Å². The Kier molecular flexibility index (Phi) is 15.4. The fourth-order valence-corrected chi connectivity index (χ4v) is 12.0. The minimum atomic E-state index is -0.564. The summed E-state index contributed by atoms with van der Waals surface area (Å²) in [4.78, 5) is 40.3. The molecular weight excluding hydrogens is 759 g/mol. The molecule has 4 saturated carbocycles. The second-order valence-electron chi connectivity index (χ2n) is 18.1. The van der Waals surface area contributed by atoms with Gasteiger partial charge in [0.1, 0.15) is 12.6 Å². The summed E-state index contributed by atoms with van der Waals surface area (Å²) in [6, 6.07) is 2.46. The molecule has 2 aromatic rings. The predicted molar refractivity (Wildman–Crippen MR) is 221 cm³/mol. The summed E-state index contributed by atoms with van der Waals surface area (Å²) in [5, 5.41) is 29.3. The van der Waals surface area contributed by atoms with E-state index in [2.05, 4.69) is 51.7 Å². The van der Waals surface area contributed by atoms with Crippen LogP contribution in [0.1, 0.15) is 111 Å². The van der Waals surface area contributed by atoms with Crippen LogP contribution < -0.4 is 16.4 Å². The van der Waals surface area contributed by atoms with Crippen molar-refractivity contribution in [2.24, 2.45) is 57.2 Å². The number of nitro benzene ring substituents is 1. The Bertz CT molecular complexity index is 1790. The van der Waals surface area contributed by atoms with Crippen molar-refractivity contribution in [2.75, 3.05) is 51.4 Å². The molecule has 1 amide bonds. The number of carbonyl (C=O) groups excluding carboxylic acids is 2. The normalized spacial score (nSPS) is 29.6. The third-order valence-corrected chi connectivity index (χ3v) is 15.0. The van der Waals surface area contributed by atoms with Crippen LogP contribution >= 0.6 is 0 Å². The maximum atomic E-state index is 14.0. The molecule has 4 aliphatic rings. The molecule has 4 aliphatic carbocycles. The highest BCUT2D eigenvalue weighted by molar-refractivity contribution is 5.95. The zero-order chi connectivity index (χ0) is 42.0. The van der Waals surface area contributed by atoms with E-state index in [0.717, 1.165) is 44.4 Å². The van der Waals surface area contributed by atoms with Crippen LogP contribution in [0.2, 0.25) is 0 Å². The first-order valence-corrected chi connectivity index (χ1v) is 22.0. The predicted octanol–water partition coefficient (Wildman–Crippen LogP) is 7.49. The van der Waals surface area contributed by atoms with Gasteiger partial charge in [0.05, 0.1) is 37.0 Å². The minimum absolute atomic E-state index is 0.0474. The quantitative estimate of drug-likeness (QED) is 0.0199. The van der Waals surface area contributed by atoms with Crippen molar-refractivity contribution in [3.8, 4) is 0 Å². The summed E-state index contributed by atoms with van der Waals surface area (Å²) in [5.74, 6) is 3.50. The van der Waals surface area contributed by atoms with Gasteiger partial charge in [-0.3, -0.25) is 19.7 Å². The van der Waals surface area contributed by atoms with E-state index in [4.69, 9.17) is 30.1 Å². The number of benzene rings is 1. The van der Waals surface area contributed by atoms with Gasteiger partial charge in [0, 0.05) is 30.0 Å². The van der Waals surface area contributed by atoms with E-state index < -0.39 is 11.0 Å². The Morgan fingerprint density at radius 1 is 1.00 bits per heavy atom. The number of hydrogen-bond donors (Lipinski definition) is 3. The highest BCUT2D eigenvalue weighted by Crippen LogP contribution is 2.68. The summed E-state index contributed by atoms with van der Waals surface area (Å²) in [7, 11) is 0. The van der Waals surface area contributed by atoms with Crippen molar-refractivity contribution >= 4 is 34.3 Å². The van der Waals surface area contributed by atoms with Crippen molar-refractivity contribution in [3.05, 3.63) is 32.7 Å². The highest BCUT2D eigenvalue weighted by Gasteiger charge is 2.60. The largest absolute Gasteiger partial charge is 0.463 e. The maximum absolute atomic E-state index is 14.0. The number of carbonyl (C=O) groups is 2. The Balaban J connectivity index is 0.978. The first-order chi connectivity index (χ1) is 28.5. The fourth-order valence-electron chi connectivity index (χ4n) is 12.0. The van der Waals surface area contributed by atoms with Gasteiger partial charge in [0.15, 0.2) is 5.52 Å². The number of anilines is 1. The summed E-state index contributed by atoms with van der Waals surface area (Å²) < 4.78 is 21.1. The Morgan fingerprint density at radius 2 is 1.75 bits per heavy atom. The third-order valence-electron chi connectivity index (χ3n) is 15.0. The summed E-state index contributed by atoms with van der Waals surface area (Å²) in [6.07, 6.45) is 13.8. The van der Waals surface area contributed by atoms with Crippen LogP contribution in [-0.4, -0.2) is 85.3 Å². The molecule has 4 fully saturated rings. The zero-order valence-corrected chi connectivity index (χ0v) is 35.1. The van der Waals surface area contributed by atoms with Crippen molar-refractivity contribution in [3.63, 3.8) is 0 Å². The SMILES string of the molecule is CC(CCC(=O)OCCOCCOCCN=[N+]=[N-])C1CCC2C3CC[C@@H]4C[C@H](NC(=O)C(CCCCN)Nc5ccc([N+](=O)[O-])c6nonc56)CC[C@]4(C)C3CC[C@]12C. The van der Waals surface area contributed by atoms with Gasteiger partial charge in [-0.15, -0.1) is 0 Å². The molecule has 59 heavy (non-hydrogen) atoms. The molecule has 0 radical (unpaired) electrons. The minimum Gasteiger partial charge on any atom is -0.463 e. The monoisotopic (exact) mass is 823 g/mol.